The van der Waals surface area contributed by atoms with Crippen LogP contribution in [0.5, 0.6) is 0 Å². The van der Waals surface area contributed by atoms with Crippen molar-refractivity contribution in [3.05, 3.63) is 0 Å². The van der Waals surface area contributed by atoms with E-state index in [0.717, 1.165) is 0 Å². The summed E-state index contributed by atoms with van der Waals surface area (Å²) in [6.07, 6.45) is -2.83. The standard InChI is InChI=1S/C20H32O7/c1-17(2)10-5-8-20(17,25)16(26-4)13(23)14-18(3,15(24)12(10)22)11(21)6-7-19(14)9-27-19/h10-14,16,21-23,25H,5-9H2,1-4H3/t10-,11+,12-,13+,14+,16+,18-,19-,20-/m1/s1. The molecule has 0 amide bonds. The van der Waals surface area contributed by atoms with Crippen molar-refractivity contribution in [2.75, 3.05) is 13.7 Å². The topological polar surface area (TPSA) is 120 Å². The normalized spacial score (nSPS) is 57.0. The summed E-state index contributed by atoms with van der Waals surface area (Å²) < 4.78 is 11.4. The fraction of sp³-hybridized carbons (Fsp3) is 0.950. The van der Waals surface area contributed by atoms with Crippen molar-refractivity contribution in [3.8, 4) is 0 Å². The predicted octanol–water partition coefficient (Wildman–Crippen LogP) is 0.0194. The zero-order valence-corrected chi connectivity index (χ0v) is 16.5. The molecular weight excluding hydrogens is 352 g/mol. The van der Waals surface area contributed by atoms with Crippen molar-refractivity contribution in [2.24, 2.45) is 22.7 Å². The lowest BCUT2D eigenvalue weighted by Crippen LogP contribution is -2.65. The number of hydrogen-bond acceptors (Lipinski definition) is 7. The van der Waals surface area contributed by atoms with E-state index in [-0.39, 0.29) is 0 Å². The first-order valence-corrected chi connectivity index (χ1v) is 9.95. The van der Waals surface area contributed by atoms with Gasteiger partial charge in [0.05, 0.1) is 35.4 Å². The van der Waals surface area contributed by atoms with Crippen LogP contribution < -0.4 is 0 Å². The van der Waals surface area contributed by atoms with Gasteiger partial charge in [0, 0.05) is 24.4 Å². The second-order valence-electron chi connectivity index (χ2n) is 9.92. The highest BCUT2D eigenvalue weighted by Gasteiger charge is 2.73. The summed E-state index contributed by atoms with van der Waals surface area (Å²) in [5.74, 6) is -1.71. The first-order chi connectivity index (χ1) is 12.5. The van der Waals surface area contributed by atoms with Crippen LogP contribution in [0.4, 0.5) is 0 Å². The highest BCUT2D eigenvalue weighted by molar-refractivity contribution is 5.90. The van der Waals surface area contributed by atoms with Crippen LogP contribution in [-0.2, 0) is 14.3 Å². The number of fused-ring (bicyclic) bond motifs is 4. The van der Waals surface area contributed by atoms with Crippen LogP contribution in [-0.4, -0.2) is 75.5 Å². The third kappa shape index (κ3) is 2.21. The van der Waals surface area contributed by atoms with Gasteiger partial charge in [0.2, 0.25) is 0 Å². The third-order valence-electron chi connectivity index (χ3n) is 8.70. The minimum absolute atomic E-state index is 0.324. The average molecular weight is 384 g/mol. The molecule has 1 saturated heterocycles. The second kappa shape index (κ2) is 5.74. The van der Waals surface area contributed by atoms with E-state index in [1.807, 2.05) is 13.8 Å². The van der Waals surface area contributed by atoms with Crippen molar-refractivity contribution in [2.45, 2.75) is 82.1 Å². The molecule has 1 aliphatic heterocycles. The van der Waals surface area contributed by atoms with Gasteiger partial charge in [-0.2, -0.15) is 0 Å². The van der Waals surface area contributed by atoms with Gasteiger partial charge in [-0.1, -0.05) is 13.8 Å². The lowest BCUT2D eigenvalue weighted by atomic mass is 9.55. The monoisotopic (exact) mass is 384 g/mol. The van der Waals surface area contributed by atoms with Crippen LogP contribution in [0.3, 0.4) is 0 Å². The van der Waals surface area contributed by atoms with E-state index in [0.29, 0.717) is 32.3 Å². The molecule has 4 rings (SSSR count). The maximum Gasteiger partial charge on any atom is 0.170 e. The largest absolute Gasteiger partial charge is 0.392 e. The quantitative estimate of drug-likeness (QED) is 0.471. The first kappa shape index (κ1) is 19.7. The van der Waals surface area contributed by atoms with Gasteiger partial charge in [0.1, 0.15) is 12.2 Å². The van der Waals surface area contributed by atoms with Gasteiger partial charge in [0.25, 0.3) is 0 Å². The smallest absolute Gasteiger partial charge is 0.170 e. The molecule has 154 valence electrons. The average Bonchev–Trinajstić information content (AvgIpc) is 3.32. The third-order valence-corrected chi connectivity index (χ3v) is 8.70. The van der Waals surface area contributed by atoms with Gasteiger partial charge in [0.15, 0.2) is 5.78 Å². The van der Waals surface area contributed by atoms with E-state index in [4.69, 9.17) is 9.47 Å². The lowest BCUT2D eigenvalue weighted by molar-refractivity contribution is -0.215. The second-order valence-corrected chi connectivity index (χ2v) is 9.92. The molecule has 1 spiro atoms. The Hall–Kier alpha value is -0.570. The Morgan fingerprint density at radius 1 is 1.11 bits per heavy atom. The van der Waals surface area contributed by atoms with Gasteiger partial charge in [-0.3, -0.25) is 4.79 Å². The van der Waals surface area contributed by atoms with Crippen molar-refractivity contribution < 1.29 is 34.7 Å². The number of methoxy groups -OCH3 is 1. The van der Waals surface area contributed by atoms with Crippen LogP contribution in [0, 0.1) is 22.7 Å². The van der Waals surface area contributed by atoms with Crippen molar-refractivity contribution in [1.82, 2.24) is 0 Å². The molecule has 7 nitrogen and oxygen atoms in total. The van der Waals surface area contributed by atoms with Gasteiger partial charge in [-0.25, -0.2) is 0 Å². The number of Topliss-reactive ketones (excluding diaryl/α,β-unsaturated/α-hetero) is 1. The van der Waals surface area contributed by atoms with Gasteiger partial charge < -0.3 is 29.9 Å². The van der Waals surface area contributed by atoms with E-state index < -0.39 is 64.1 Å². The zero-order chi connectivity index (χ0) is 20.0. The Kier molecular flexibility index (Phi) is 4.19. The molecule has 4 N–H and O–H groups in total. The number of hydrogen-bond donors (Lipinski definition) is 4. The van der Waals surface area contributed by atoms with Crippen LogP contribution in [0.1, 0.15) is 46.5 Å². The highest BCUT2D eigenvalue weighted by Crippen LogP contribution is 2.62. The number of ether oxygens (including phenoxy) is 2. The zero-order valence-electron chi connectivity index (χ0n) is 16.5. The molecule has 0 aromatic rings. The van der Waals surface area contributed by atoms with Gasteiger partial charge in [-0.05, 0) is 32.6 Å². The molecule has 2 bridgehead atoms. The van der Waals surface area contributed by atoms with Crippen LogP contribution in [0.2, 0.25) is 0 Å². The number of carbonyl (C=O) groups excluding carboxylic acids is 1. The lowest BCUT2D eigenvalue weighted by Gasteiger charge is -2.52. The molecule has 0 radical (unpaired) electrons. The fourth-order valence-corrected chi connectivity index (χ4v) is 6.72. The maximum absolute atomic E-state index is 13.6. The van der Waals surface area contributed by atoms with Crippen LogP contribution in [0.15, 0.2) is 0 Å². The van der Waals surface area contributed by atoms with Crippen molar-refractivity contribution in [1.29, 1.82) is 0 Å². The Bertz CT molecular complexity index is 644. The number of rotatable bonds is 1. The van der Waals surface area contributed by atoms with E-state index in [2.05, 4.69) is 0 Å². The minimum atomic E-state index is -1.41. The number of carbonyl (C=O) groups is 1. The minimum Gasteiger partial charge on any atom is -0.392 e. The summed E-state index contributed by atoms with van der Waals surface area (Å²) in [5.41, 5.74) is -4.35. The van der Waals surface area contributed by atoms with Crippen molar-refractivity contribution >= 4 is 5.78 Å². The number of aliphatic hydroxyl groups is 4. The molecule has 0 aromatic heterocycles. The number of epoxide rings is 1. The van der Waals surface area contributed by atoms with Crippen LogP contribution in [0.25, 0.3) is 0 Å². The summed E-state index contributed by atoms with van der Waals surface area (Å²) in [4.78, 5) is 13.6. The van der Waals surface area contributed by atoms with E-state index in [9.17, 15) is 25.2 Å². The summed E-state index contributed by atoms with van der Waals surface area (Å²) in [6, 6.07) is 0. The van der Waals surface area contributed by atoms with E-state index in [1.54, 1.807) is 6.92 Å². The molecule has 0 aromatic carbocycles. The Morgan fingerprint density at radius 3 is 2.30 bits per heavy atom. The number of aliphatic hydroxyl groups excluding tert-OH is 3. The van der Waals surface area contributed by atoms with Crippen molar-refractivity contribution in [3.63, 3.8) is 0 Å². The maximum atomic E-state index is 13.6. The van der Waals surface area contributed by atoms with Gasteiger partial charge in [-0.15, -0.1) is 0 Å². The first-order valence-electron chi connectivity index (χ1n) is 9.95. The number of ketones is 1. The van der Waals surface area contributed by atoms with E-state index >= 15 is 0 Å². The Balaban J connectivity index is 1.93. The molecule has 4 fully saturated rings. The summed E-state index contributed by atoms with van der Waals surface area (Å²) in [7, 11) is 1.45. The Labute approximate surface area is 159 Å². The summed E-state index contributed by atoms with van der Waals surface area (Å²) in [6.45, 7) is 5.65. The molecule has 4 aliphatic rings. The molecule has 1 heterocycles. The SMILES string of the molecule is CO[C@H]1[C@@H](O)[C@@H]2[C@@]3(CC[C@H](O)[C@@]2(C)C(=O)[C@H](O)[C@H]2CC[C@]1(O)C2(C)C)CO3. The summed E-state index contributed by atoms with van der Waals surface area (Å²) in [5, 5.41) is 45.0. The van der Waals surface area contributed by atoms with E-state index in [1.165, 1.54) is 7.11 Å². The molecule has 9 atom stereocenters. The van der Waals surface area contributed by atoms with Crippen LogP contribution >= 0.6 is 0 Å². The van der Waals surface area contributed by atoms with Gasteiger partial charge >= 0.3 is 0 Å². The Morgan fingerprint density at radius 2 is 1.74 bits per heavy atom. The highest BCUT2D eigenvalue weighted by atomic mass is 16.6. The molecule has 3 aliphatic carbocycles. The fourth-order valence-electron chi connectivity index (χ4n) is 6.72. The molecule has 27 heavy (non-hydrogen) atoms. The molecular formula is C20H32O7. The predicted molar refractivity (Wildman–Crippen MR) is 94.8 cm³/mol. The molecule has 3 saturated carbocycles. The summed E-state index contributed by atoms with van der Waals surface area (Å²) >= 11 is 0. The molecule has 7 heteroatoms. The molecule has 0 unspecified atom stereocenters.